The normalized spacial score (nSPS) is 10.9. The van der Waals surface area contributed by atoms with Crippen molar-refractivity contribution in [3.63, 3.8) is 0 Å². The number of aryl methyl sites for hydroxylation is 1. The van der Waals surface area contributed by atoms with Gasteiger partial charge < -0.3 is 0 Å². The number of hydrogen-bond acceptors (Lipinski definition) is 4. The van der Waals surface area contributed by atoms with Gasteiger partial charge in [-0.3, -0.25) is 9.38 Å². The van der Waals surface area contributed by atoms with Crippen LogP contribution in [0, 0.1) is 6.92 Å². The zero-order valence-electron chi connectivity index (χ0n) is 9.00. The average molecular weight is 246 g/mol. The van der Waals surface area contributed by atoms with Crippen molar-refractivity contribution >= 4 is 17.2 Å². The Labute approximate surface area is 102 Å². The van der Waals surface area contributed by atoms with Gasteiger partial charge in [-0.25, -0.2) is 4.98 Å². The molecule has 0 aliphatic carbocycles. The van der Waals surface area contributed by atoms with Gasteiger partial charge in [-0.15, -0.1) is 10.2 Å². The minimum Gasteiger partial charge on any atom is -0.277 e. The summed E-state index contributed by atoms with van der Waals surface area (Å²) in [7, 11) is 0. The molecular formula is C11H8ClN5. The SMILES string of the molecule is Cc1cccnc1-c1nnc2c(Cl)nccn12. The van der Waals surface area contributed by atoms with E-state index in [0.717, 1.165) is 11.3 Å². The van der Waals surface area contributed by atoms with E-state index in [1.807, 2.05) is 19.1 Å². The maximum absolute atomic E-state index is 5.94. The minimum absolute atomic E-state index is 0.333. The fourth-order valence-corrected chi connectivity index (χ4v) is 1.86. The molecule has 0 fully saturated rings. The molecule has 6 heteroatoms. The van der Waals surface area contributed by atoms with E-state index < -0.39 is 0 Å². The van der Waals surface area contributed by atoms with Gasteiger partial charge in [0.2, 0.25) is 0 Å². The monoisotopic (exact) mass is 245 g/mol. The van der Waals surface area contributed by atoms with Gasteiger partial charge in [-0.2, -0.15) is 0 Å². The summed E-state index contributed by atoms with van der Waals surface area (Å²) in [4.78, 5) is 8.27. The fourth-order valence-electron chi connectivity index (χ4n) is 1.68. The van der Waals surface area contributed by atoms with E-state index in [0.29, 0.717) is 16.6 Å². The summed E-state index contributed by atoms with van der Waals surface area (Å²) in [5, 5.41) is 8.46. The Hall–Kier alpha value is -2.01. The molecule has 3 aromatic rings. The molecule has 0 aliphatic rings. The Morgan fingerprint density at radius 1 is 1.18 bits per heavy atom. The molecule has 0 atom stereocenters. The molecule has 3 rings (SSSR count). The number of hydrogen-bond donors (Lipinski definition) is 0. The zero-order valence-corrected chi connectivity index (χ0v) is 9.76. The molecule has 0 bridgehead atoms. The van der Waals surface area contributed by atoms with Crippen molar-refractivity contribution in [3.05, 3.63) is 41.4 Å². The minimum atomic E-state index is 0.333. The molecule has 0 N–H and O–H groups in total. The van der Waals surface area contributed by atoms with Crippen molar-refractivity contribution in [2.24, 2.45) is 0 Å². The average Bonchev–Trinajstić information content (AvgIpc) is 2.75. The maximum atomic E-state index is 5.94. The van der Waals surface area contributed by atoms with Crippen LogP contribution in [0.1, 0.15) is 5.56 Å². The highest BCUT2D eigenvalue weighted by Gasteiger charge is 2.13. The second-order valence-electron chi connectivity index (χ2n) is 3.60. The lowest BCUT2D eigenvalue weighted by atomic mass is 10.2. The van der Waals surface area contributed by atoms with Gasteiger partial charge in [0.15, 0.2) is 16.6 Å². The molecular weight excluding hydrogens is 238 g/mol. The van der Waals surface area contributed by atoms with Crippen LogP contribution < -0.4 is 0 Å². The topological polar surface area (TPSA) is 56.0 Å². The van der Waals surface area contributed by atoms with Gasteiger partial charge in [-0.05, 0) is 18.6 Å². The summed E-state index contributed by atoms with van der Waals surface area (Å²) in [6.45, 7) is 1.98. The lowest BCUT2D eigenvalue weighted by molar-refractivity contribution is 1.08. The number of fused-ring (bicyclic) bond motifs is 1. The van der Waals surface area contributed by atoms with Crippen LogP contribution in [0.2, 0.25) is 5.15 Å². The Kier molecular flexibility index (Phi) is 2.26. The highest BCUT2D eigenvalue weighted by Crippen LogP contribution is 2.21. The molecule has 3 heterocycles. The third-order valence-corrected chi connectivity index (χ3v) is 2.77. The molecule has 84 valence electrons. The van der Waals surface area contributed by atoms with E-state index in [9.17, 15) is 0 Å². The van der Waals surface area contributed by atoms with E-state index in [4.69, 9.17) is 11.6 Å². The van der Waals surface area contributed by atoms with E-state index in [1.54, 1.807) is 23.0 Å². The molecule has 0 radical (unpaired) electrons. The van der Waals surface area contributed by atoms with Crippen molar-refractivity contribution in [2.75, 3.05) is 0 Å². The van der Waals surface area contributed by atoms with E-state index in [-0.39, 0.29) is 0 Å². The van der Waals surface area contributed by atoms with Crippen molar-refractivity contribution in [2.45, 2.75) is 6.92 Å². The first-order valence-electron chi connectivity index (χ1n) is 5.04. The number of nitrogens with zero attached hydrogens (tertiary/aromatic N) is 5. The first-order chi connectivity index (χ1) is 8.27. The zero-order chi connectivity index (χ0) is 11.8. The summed E-state index contributed by atoms with van der Waals surface area (Å²) in [6.07, 6.45) is 5.11. The quantitative estimate of drug-likeness (QED) is 0.659. The Balaban J connectivity index is 2.33. The van der Waals surface area contributed by atoms with Gasteiger partial charge in [-0.1, -0.05) is 17.7 Å². The molecule has 0 spiro atoms. The van der Waals surface area contributed by atoms with Crippen LogP contribution in [-0.4, -0.2) is 24.6 Å². The predicted molar refractivity (Wildman–Crippen MR) is 63.8 cm³/mol. The van der Waals surface area contributed by atoms with E-state index >= 15 is 0 Å². The largest absolute Gasteiger partial charge is 0.277 e. The van der Waals surface area contributed by atoms with Crippen molar-refractivity contribution in [1.82, 2.24) is 24.6 Å². The third-order valence-electron chi connectivity index (χ3n) is 2.51. The second kappa shape index (κ2) is 3.78. The molecule has 0 aliphatic heterocycles. The van der Waals surface area contributed by atoms with Gasteiger partial charge in [0.25, 0.3) is 0 Å². The van der Waals surface area contributed by atoms with Gasteiger partial charge in [0, 0.05) is 18.6 Å². The molecule has 0 amide bonds. The highest BCUT2D eigenvalue weighted by atomic mass is 35.5. The summed E-state index contributed by atoms with van der Waals surface area (Å²) in [5.74, 6) is 0.669. The number of rotatable bonds is 1. The van der Waals surface area contributed by atoms with Crippen LogP contribution in [0.25, 0.3) is 17.2 Å². The molecule has 3 aromatic heterocycles. The van der Waals surface area contributed by atoms with Crippen LogP contribution >= 0.6 is 11.6 Å². The molecule has 0 saturated carbocycles. The van der Waals surface area contributed by atoms with Crippen molar-refractivity contribution in [3.8, 4) is 11.5 Å². The Morgan fingerprint density at radius 3 is 2.88 bits per heavy atom. The van der Waals surface area contributed by atoms with Crippen LogP contribution in [0.15, 0.2) is 30.7 Å². The summed E-state index contributed by atoms with van der Waals surface area (Å²) < 4.78 is 1.78. The molecule has 5 nitrogen and oxygen atoms in total. The van der Waals surface area contributed by atoms with Crippen molar-refractivity contribution in [1.29, 1.82) is 0 Å². The van der Waals surface area contributed by atoms with E-state index in [2.05, 4.69) is 20.2 Å². The lowest BCUT2D eigenvalue weighted by Gasteiger charge is -2.02. The Morgan fingerprint density at radius 2 is 2.06 bits per heavy atom. The smallest absolute Gasteiger partial charge is 0.198 e. The van der Waals surface area contributed by atoms with Gasteiger partial charge in [0.05, 0.1) is 0 Å². The van der Waals surface area contributed by atoms with Crippen molar-refractivity contribution < 1.29 is 0 Å². The number of halogens is 1. The molecule has 0 aromatic carbocycles. The summed E-state index contributed by atoms with van der Waals surface area (Å²) in [6, 6.07) is 3.86. The second-order valence-corrected chi connectivity index (χ2v) is 3.96. The van der Waals surface area contributed by atoms with Crippen LogP contribution in [0.4, 0.5) is 0 Å². The lowest BCUT2D eigenvalue weighted by Crippen LogP contribution is -1.94. The fraction of sp³-hybridized carbons (Fsp3) is 0.0909. The molecule has 0 saturated heterocycles. The summed E-state index contributed by atoms with van der Waals surface area (Å²) >= 11 is 5.94. The highest BCUT2D eigenvalue weighted by molar-refractivity contribution is 6.32. The first-order valence-corrected chi connectivity index (χ1v) is 5.42. The number of pyridine rings is 1. The van der Waals surface area contributed by atoms with E-state index in [1.165, 1.54) is 0 Å². The molecule has 17 heavy (non-hydrogen) atoms. The predicted octanol–water partition coefficient (Wildman–Crippen LogP) is 2.15. The third kappa shape index (κ3) is 1.55. The summed E-state index contributed by atoms with van der Waals surface area (Å²) in [5.41, 5.74) is 2.37. The Bertz CT molecular complexity index is 691. The standard InChI is InChI=1S/C11H8ClN5/c1-7-3-2-4-13-8(7)10-15-16-11-9(12)14-5-6-17(10)11/h2-6H,1H3. The van der Waals surface area contributed by atoms with Crippen LogP contribution in [-0.2, 0) is 0 Å². The maximum Gasteiger partial charge on any atom is 0.198 e. The van der Waals surface area contributed by atoms with Crippen LogP contribution in [0.3, 0.4) is 0 Å². The van der Waals surface area contributed by atoms with Gasteiger partial charge >= 0.3 is 0 Å². The van der Waals surface area contributed by atoms with Crippen LogP contribution in [0.5, 0.6) is 0 Å². The van der Waals surface area contributed by atoms with Gasteiger partial charge in [0.1, 0.15) is 5.69 Å². The first kappa shape index (κ1) is 10.2. The number of aromatic nitrogens is 5. The molecule has 0 unspecified atom stereocenters.